The Labute approximate surface area is 143 Å². The van der Waals surface area contributed by atoms with Crippen molar-refractivity contribution in [1.29, 1.82) is 0 Å². The SMILES string of the molecule is COCCN1CC[C@@H](CN(C)C(=O)c2cccc3c2CCC3=O)C1. The highest BCUT2D eigenvalue weighted by molar-refractivity contribution is 6.05. The lowest BCUT2D eigenvalue weighted by Crippen LogP contribution is -2.34. The van der Waals surface area contributed by atoms with Crippen molar-refractivity contribution in [2.75, 3.05) is 46.9 Å². The number of hydrogen-bond donors (Lipinski definition) is 0. The second kappa shape index (κ2) is 7.45. The number of likely N-dealkylation sites (tertiary alicyclic amines) is 1. The summed E-state index contributed by atoms with van der Waals surface area (Å²) in [5.74, 6) is 0.706. The summed E-state index contributed by atoms with van der Waals surface area (Å²) >= 11 is 0. The van der Waals surface area contributed by atoms with Gasteiger partial charge in [0.2, 0.25) is 0 Å². The molecule has 5 heteroatoms. The molecule has 0 radical (unpaired) electrons. The van der Waals surface area contributed by atoms with Crippen LogP contribution in [0.25, 0.3) is 0 Å². The number of hydrogen-bond acceptors (Lipinski definition) is 4. The zero-order chi connectivity index (χ0) is 17.1. The van der Waals surface area contributed by atoms with E-state index in [1.54, 1.807) is 7.11 Å². The Kier molecular flexibility index (Phi) is 5.31. The molecule has 0 unspecified atom stereocenters. The van der Waals surface area contributed by atoms with Crippen molar-refractivity contribution in [2.45, 2.75) is 19.3 Å². The van der Waals surface area contributed by atoms with Crippen LogP contribution >= 0.6 is 0 Å². The van der Waals surface area contributed by atoms with Crippen LogP contribution in [-0.4, -0.2) is 68.4 Å². The standard InChI is InChI=1S/C19H26N2O3/c1-20(12-14-8-9-21(13-14)10-11-24-2)19(23)17-5-3-4-16-15(17)6-7-18(16)22/h3-5,14H,6-13H2,1-2H3/t14-/m0/s1. The van der Waals surface area contributed by atoms with Crippen molar-refractivity contribution in [1.82, 2.24) is 9.80 Å². The van der Waals surface area contributed by atoms with E-state index in [9.17, 15) is 9.59 Å². The Morgan fingerprint density at radius 2 is 2.21 bits per heavy atom. The largest absolute Gasteiger partial charge is 0.383 e. The first-order chi connectivity index (χ1) is 11.6. The Morgan fingerprint density at radius 3 is 3.00 bits per heavy atom. The zero-order valence-corrected chi connectivity index (χ0v) is 14.6. The monoisotopic (exact) mass is 330 g/mol. The van der Waals surface area contributed by atoms with Gasteiger partial charge >= 0.3 is 0 Å². The lowest BCUT2D eigenvalue weighted by molar-refractivity contribution is 0.0771. The predicted molar refractivity (Wildman–Crippen MR) is 92.5 cm³/mol. The normalized spacial score (nSPS) is 20.4. The summed E-state index contributed by atoms with van der Waals surface area (Å²) in [5.41, 5.74) is 2.38. The molecule has 0 aromatic heterocycles. The van der Waals surface area contributed by atoms with Crippen molar-refractivity contribution >= 4 is 11.7 Å². The Bertz CT molecular complexity index is 629. The first kappa shape index (κ1) is 17.1. The van der Waals surface area contributed by atoms with Crippen LogP contribution in [0.5, 0.6) is 0 Å². The molecule has 0 bridgehead atoms. The summed E-state index contributed by atoms with van der Waals surface area (Å²) < 4.78 is 5.13. The van der Waals surface area contributed by atoms with Crippen LogP contribution in [0, 0.1) is 5.92 Å². The van der Waals surface area contributed by atoms with E-state index in [1.165, 1.54) is 0 Å². The highest BCUT2D eigenvalue weighted by Crippen LogP contribution is 2.26. The Morgan fingerprint density at radius 1 is 1.38 bits per heavy atom. The van der Waals surface area contributed by atoms with Crippen LogP contribution in [-0.2, 0) is 11.2 Å². The summed E-state index contributed by atoms with van der Waals surface area (Å²) in [6.07, 6.45) is 2.34. The number of Topliss-reactive ketones (excluding diaryl/α,β-unsaturated/α-hetero) is 1. The fourth-order valence-electron chi connectivity index (χ4n) is 3.85. The summed E-state index contributed by atoms with van der Waals surface area (Å²) in [5, 5.41) is 0. The molecule has 1 atom stereocenters. The highest BCUT2D eigenvalue weighted by atomic mass is 16.5. The molecular formula is C19H26N2O3. The molecule has 1 aliphatic carbocycles. The molecule has 1 aromatic rings. The van der Waals surface area contributed by atoms with Crippen molar-refractivity contribution in [3.63, 3.8) is 0 Å². The molecule has 2 aliphatic rings. The number of rotatable bonds is 6. The highest BCUT2D eigenvalue weighted by Gasteiger charge is 2.28. The van der Waals surface area contributed by atoms with E-state index in [1.807, 2.05) is 30.1 Å². The first-order valence-electron chi connectivity index (χ1n) is 8.72. The summed E-state index contributed by atoms with van der Waals surface area (Å²) in [6, 6.07) is 5.52. The minimum Gasteiger partial charge on any atom is -0.383 e. The minimum absolute atomic E-state index is 0.0388. The molecule has 24 heavy (non-hydrogen) atoms. The van der Waals surface area contributed by atoms with Gasteiger partial charge in [-0.25, -0.2) is 0 Å². The van der Waals surface area contributed by atoms with Gasteiger partial charge in [0.15, 0.2) is 5.78 Å². The van der Waals surface area contributed by atoms with E-state index in [2.05, 4.69) is 4.90 Å². The van der Waals surface area contributed by atoms with Gasteiger partial charge in [-0.15, -0.1) is 0 Å². The molecular weight excluding hydrogens is 304 g/mol. The third-order valence-electron chi connectivity index (χ3n) is 5.17. The van der Waals surface area contributed by atoms with Crippen LogP contribution in [0.2, 0.25) is 0 Å². The number of nitrogens with zero attached hydrogens (tertiary/aromatic N) is 2. The second-order valence-corrected chi connectivity index (χ2v) is 6.89. The third kappa shape index (κ3) is 3.52. The van der Waals surface area contributed by atoms with Gasteiger partial charge in [0.05, 0.1) is 6.61 Å². The van der Waals surface area contributed by atoms with E-state index in [0.29, 0.717) is 24.3 Å². The Balaban J connectivity index is 1.61. The summed E-state index contributed by atoms with van der Waals surface area (Å²) in [7, 11) is 3.60. The molecule has 1 fully saturated rings. The van der Waals surface area contributed by atoms with Crippen LogP contribution in [0.4, 0.5) is 0 Å². The summed E-state index contributed by atoms with van der Waals surface area (Å²) in [6.45, 7) is 4.57. The number of carbonyl (C=O) groups is 2. The molecule has 1 aromatic carbocycles. The van der Waals surface area contributed by atoms with E-state index in [4.69, 9.17) is 4.74 Å². The second-order valence-electron chi connectivity index (χ2n) is 6.89. The van der Waals surface area contributed by atoms with Crippen LogP contribution in [0.3, 0.4) is 0 Å². The van der Waals surface area contributed by atoms with E-state index in [-0.39, 0.29) is 11.7 Å². The molecule has 1 amide bonds. The number of benzene rings is 1. The maximum atomic E-state index is 12.8. The fraction of sp³-hybridized carbons (Fsp3) is 0.579. The summed E-state index contributed by atoms with van der Waals surface area (Å²) in [4.78, 5) is 28.9. The van der Waals surface area contributed by atoms with Crippen molar-refractivity contribution in [3.05, 3.63) is 34.9 Å². The fourth-order valence-corrected chi connectivity index (χ4v) is 3.85. The van der Waals surface area contributed by atoms with Crippen molar-refractivity contribution in [3.8, 4) is 0 Å². The molecule has 1 saturated heterocycles. The maximum absolute atomic E-state index is 12.8. The maximum Gasteiger partial charge on any atom is 0.253 e. The minimum atomic E-state index is 0.0388. The van der Waals surface area contributed by atoms with Gasteiger partial charge in [-0.3, -0.25) is 9.59 Å². The van der Waals surface area contributed by atoms with Gasteiger partial charge in [-0.05, 0) is 36.9 Å². The molecule has 3 rings (SSSR count). The zero-order valence-electron chi connectivity index (χ0n) is 14.6. The molecule has 0 spiro atoms. The van der Waals surface area contributed by atoms with E-state index >= 15 is 0 Å². The van der Waals surface area contributed by atoms with Crippen LogP contribution in [0.1, 0.15) is 39.1 Å². The van der Waals surface area contributed by atoms with Gasteiger partial charge in [-0.1, -0.05) is 12.1 Å². The smallest absolute Gasteiger partial charge is 0.253 e. The average Bonchev–Trinajstić information content (AvgIpc) is 3.19. The number of ether oxygens (including phenoxy) is 1. The number of fused-ring (bicyclic) bond motifs is 1. The lowest BCUT2D eigenvalue weighted by atomic mass is 10.0. The number of amides is 1. The molecule has 1 aliphatic heterocycles. The molecule has 0 N–H and O–H groups in total. The quantitative estimate of drug-likeness (QED) is 0.799. The molecule has 0 saturated carbocycles. The Hall–Kier alpha value is -1.72. The predicted octanol–water partition coefficient (Wildman–Crippen LogP) is 1.86. The van der Waals surface area contributed by atoms with Crippen molar-refractivity contribution < 1.29 is 14.3 Å². The van der Waals surface area contributed by atoms with Gasteiger partial charge in [-0.2, -0.15) is 0 Å². The first-order valence-corrected chi connectivity index (χ1v) is 8.72. The van der Waals surface area contributed by atoms with Crippen LogP contribution < -0.4 is 0 Å². The van der Waals surface area contributed by atoms with Crippen molar-refractivity contribution in [2.24, 2.45) is 5.92 Å². The van der Waals surface area contributed by atoms with Gasteiger partial charge in [0.1, 0.15) is 0 Å². The number of carbonyl (C=O) groups excluding carboxylic acids is 2. The van der Waals surface area contributed by atoms with Gasteiger partial charge < -0.3 is 14.5 Å². The van der Waals surface area contributed by atoms with Gasteiger partial charge in [0, 0.05) is 51.3 Å². The van der Waals surface area contributed by atoms with Gasteiger partial charge in [0.25, 0.3) is 5.91 Å². The number of methoxy groups -OCH3 is 1. The van der Waals surface area contributed by atoms with E-state index in [0.717, 1.165) is 50.3 Å². The lowest BCUT2D eigenvalue weighted by Gasteiger charge is -2.23. The van der Waals surface area contributed by atoms with E-state index < -0.39 is 0 Å². The topological polar surface area (TPSA) is 49.9 Å². The third-order valence-corrected chi connectivity index (χ3v) is 5.17. The molecule has 130 valence electrons. The average molecular weight is 330 g/mol. The number of ketones is 1. The molecule has 5 nitrogen and oxygen atoms in total. The molecule has 1 heterocycles. The van der Waals surface area contributed by atoms with Crippen LogP contribution in [0.15, 0.2) is 18.2 Å².